The van der Waals surface area contributed by atoms with Crippen LogP contribution in [0.3, 0.4) is 0 Å². The van der Waals surface area contributed by atoms with Gasteiger partial charge in [0.25, 0.3) is 0 Å². The van der Waals surface area contributed by atoms with Gasteiger partial charge in [-0.3, -0.25) is 5.32 Å². The monoisotopic (exact) mass is 273 g/mol. The molecule has 1 heterocycles. The van der Waals surface area contributed by atoms with E-state index in [9.17, 15) is 4.79 Å². The number of fused-ring (bicyclic) bond motifs is 1. The van der Waals surface area contributed by atoms with Crippen LogP contribution in [-0.2, 0) is 11.2 Å². The average molecular weight is 273 g/mol. The number of amides is 1. The van der Waals surface area contributed by atoms with Crippen molar-refractivity contribution in [3.63, 3.8) is 0 Å². The van der Waals surface area contributed by atoms with Gasteiger partial charge in [0.05, 0.1) is 17.4 Å². The van der Waals surface area contributed by atoms with Crippen molar-refractivity contribution in [1.29, 1.82) is 5.26 Å². The molecule has 0 aliphatic carbocycles. The molecule has 1 aromatic carbocycles. The molecule has 106 valence electrons. The summed E-state index contributed by atoms with van der Waals surface area (Å²) in [5.74, 6) is 0. The first kappa shape index (κ1) is 14.2. The molecule has 5 nitrogen and oxygen atoms in total. The van der Waals surface area contributed by atoms with Crippen molar-refractivity contribution < 1.29 is 9.53 Å². The van der Waals surface area contributed by atoms with Crippen molar-refractivity contribution in [3.05, 3.63) is 23.8 Å². The number of anilines is 2. The lowest BCUT2D eigenvalue weighted by atomic mass is 10.1. The van der Waals surface area contributed by atoms with Crippen LogP contribution in [0.1, 0.15) is 26.3 Å². The predicted octanol–water partition coefficient (Wildman–Crippen LogP) is 2.92. The van der Waals surface area contributed by atoms with Crippen LogP contribution < -0.4 is 10.2 Å². The third kappa shape index (κ3) is 3.21. The highest BCUT2D eigenvalue weighted by Crippen LogP contribution is 2.35. The highest BCUT2D eigenvalue weighted by Gasteiger charge is 2.24. The Bertz CT molecular complexity index is 555. The second-order valence-electron chi connectivity index (χ2n) is 5.77. The molecule has 1 aromatic rings. The van der Waals surface area contributed by atoms with E-state index in [0.717, 1.165) is 24.2 Å². The van der Waals surface area contributed by atoms with E-state index in [0.29, 0.717) is 12.2 Å². The van der Waals surface area contributed by atoms with E-state index in [4.69, 9.17) is 10.00 Å². The van der Waals surface area contributed by atoms with Gasteiger partial charge in [0.2, 0.25) is 0 Å². The summed E-state index contributed by atoms with van der Waals surface area (Å²) in [6.45, 7) is 6.59. The molecular weight excluding hydrogens is 254 g/mol. The first-order valence-corrected chi connectivity index (χ1v) is 6.64. The fourth-order valence-electron chi connectivity index (χ4n) is 2.29. The molecule has 20 heavy (non-hydrogen) atoms. The molecule has 1 N–H and O–H groups in total. The summed E-state index contributed by atoms with van der Waals surface area (Å²) in [4.78, 5) is 13.8. The SMILES string of the molecule is CC(C)(C)OC(=O)Nc1cccc2c1N(CC#N)CC2. The maximum atomic E-state index is 11.9. The number of carbonyl (C=O) groups is 1. The summed E-state index contributed by atoms with van der Waals surface area (Å²) < 4.78 is 5.26. The Balaban J connectivity index is 2.20. The smallest absolute Gasteiger partial charge is 0.412 e. The molecule has 2 rings (SSSR count). The molecule has 0 unspecified atom stereocenters. The van der Waals surface area contributed by atoms with Gasteiger partial charge in [-0.25, -0.2) is 4.79 Å². The van der Waals surface area contributed by atoms with Gasteiger partial charge in [0, 0.05) is 6.54 Å². The minimum atomic E-state index is -0.533. The van der Waals surface area contributed by atoms with E-state index < -0.39 is 11.7 Å². The van der Waals surface area contributed by atoms with E-state index in [1.165, 1.54) is 0 Å². The third-order valence-corrected chi connectivity index (χ3v) is 2.98. The molecule has 5 heteroatoms. The zero-order chi connectivity index (χ0) is 14.8. The largest absolute Gasteiger partial charge is 0.444 e. The van der Waals surface area contributed by atoms with Gasteiger partial charge in [-0.2, -0.15) is 5.26 Å². The Morgan fingerprint density at radius 2 is 2.25 bits per heavy atom. The standard InChI is InChI=1S/C15H19N3O2/c1-15(2,3)20-14(19)17-12-6-4-5-11-7-9-18(10-8-16)13(11)12/h4-6H,7,9-10H2,1-3H3,(H,17,19). The van der Waals surface area contributed by atoms with Gasteiger partial charge in [-0.15, -0.1) is 0 Å². The number of nitriles is 1. The Hall–Kier alpha value is -2.22. The zero-order valence-corrected chi connectivity index (χ0v) is 12.1. The summed E-state index contributed by atoms with van der Waals surface area (Å²) in [6.07, 6.45) is 0.413. The van der Waals surface area contributed by atoms with Crippen LogP contribution in [-0.4, -0.2) is 24.8 Å². The molecule has 0 fully saturated rings. The summed E-state index contributed by atoms with van der Waals surface area (Å²) in [6, 6.07) is 7.91. The van der Waals surface area contributed by atoms with Crippen molar-refractivity contribution in [2.24, 2.45) is 0 Å². The number of carbonyl (C=O) groups excluding carboxylic acids is 1. The molecule has 0 spiro atoms. The lowest BCUT2D eigenvalue weighted by Gasteiger charge is -2.22. The molecule has 1 aliphatic heterocycles. The molecule has 0 radical (unpaired) electrons. The number of benzene rings is 1. The minimum absolute atomic E-state index is 0.319. The minimum Gasteiger partial charge on any atom is -0.444 e. The molecule has 0 atom stereocenters. The highest BCUT2D eigenvalue weighted by molar-refractivity contribution is 5.91. The van der Waals surface area contributed by atoms with Gasteiger partial charge in [0.15, 0.2) is 0 Å². The van der Waals surface area contributed by atoms with Gasteiger partial charge >= 0.3 is 6.09 Å². The van der Waals surface area contributed by atoms with E-state index in [-0.39, 0.29) is 0 Å². The Kier molecular flexibility index (Phi) is 3.84. The third-order valence-electron chi connectivity index (χ3n) is 2.98. The van der Waals surface area contributed by atoms with Crippen molar-refractivity contribution >= 4 is 17.5 Å². The number of para-hydroxylation sites is 1. The van der Waals surface area contributed by atoms with Gasteiger partial charge in [0.1, 0.15) is 12.1 Å². The van der Waals surface area contributed by atoms with Gasteiger partial charge in [-0.05, 0) is 38.8 Å². The Labute approximate surface area is 119 Å². The highest BCUT2D eigenvalue weighted by atomic mass is 16.6. The molecule has 0 bridgehead atoms. The number of rotatable bonds is 2. The van der Waals surface area contributed by atoms with Gasteiger partial charge < -0.3 is 9.64 Å². The lowest BCUT2D eigenvalue weighted by molar-refractivity contribution is 0.0636. The van der Waals surface area contributed by atoms with E-state index in [1.54, 1.807) is 0 Å². The van der Waals surface area contributed by atoms with Crippen LogP contribution in [0, 0.1) is 11.3 Å². The maximum Gasteiger partial charge on any atom is 0.412 e. The van der Waals surface area contributed by atoms with Crippen molar-refractivity contribution in [3.8, 4) is 6.07 Å². The zero-order valence-electron chi connectivity index (χ0n) is 12.1. The van der Waals surface area contributed by atoms with Crippen LogP contribution in [0.15, 0.2) is 18.2 Å². The lowest BCUT2D eigenvalue weighted by Crippen LogP contribution is -2.28. The molecule has 1 aliphatic rings. The second-order valence-corrected chi connectivity index (χ2v) is 5.77. The van der Waals surface area contributed by atoms with Crippen LogP contribution >= 0.6 is 0 Å². The number of hydrogen-bond donors (Lipinski definition) is 1. The van der Waals surface area contributed by atoms with Crippen LogP contribution in [0.4, 0.5) is 16.2 Å². The topological polar surface area (TPSA) is 65.4 Å². The normalized spacial score (nSPS) is 13.6. The molecule has 0 saturated carbocycles. The number of hydrogen-bond acceptors (Lipinski definition) is 4. The maximum absolute atomic E-state index is 11.9. The van der Waals surface area contributed by atoms with Crippen LogP contribution in [0.5, 0.6) is 0 Å². The number of nitrogens with zero attached hydrogens (tertiary/aromatic N) is 2. The molecular formula is C15H19N3O2. The fourth-order valence-corrected chi connectivity index (χ4v) is 2.29. The van der Waals surface area contributed by atoms with E-state index in [1.807, 2.05) is 43.9 Å². The molecule has 1 amide bonds. The summed E-state index contributed by atoms with van der Waals surface area (Å²) in [7, 11) is 0. The van der Waals surface area contributed by atoms with Crippen molar-refractivity contribution in [1.82, 2.24) is 0 Å². The Morgan fingerprint density at radius 1 is 1.50 bits per heavy atom. The summed E-state index contributed by atoms with van der Waals surface area (Å²) in [5.41, 5.74) is 2.24. The Morgan fingerprint density at radius 3 is 2.90 bits per heavy atom. The summed E-state index contributed by atoms with van der Waals surface area (Å²) in [5, 5.41) is 11.6. The number of nitrogens with one attached hydrogen (secondary N) is 1. The van der Waals surface area contributed by atoms with Gasteiger partial charge in [-0.1, -0.05) is 12.1 Å². The fraction of sp³-hybridized carbons (Fsp3) is 0.467. The van der Waals surface area contributed by atoms with Crippen LogP contribution in [0.2, 0.25) is 0 Å². The second kappa shape index (κ2) is 5.41. The first-order chi connectivity index (χ1) is 9.40. The quantitative estimate of drug-likeness (QED) is 0.841. The van der Waals surface area contributed by atoms with E-state index in [2.05, 4.69) is 11.4 Å². The van der Waals surface area contributed by atoms with E-state index >= 15 is 0 Å². The predicted molar refractivity (Wildman–Crippen MR) is 77.8 cm³/mol. The van der Waals surface area contributed by atoms with Crippen LogP contribution in [0.25, 0.3) is 0 Å². The average Bonchev–Trinajstić information content (AvgIpc) is 2.71. The number of ether oxygens (including phenoxy) is 1. The van der Waals surface area contributed by atoms with Crippen molar-refractivity contribution in [2.75, 3.05) is 23.3 Å². The summed E-state index contributed by atoms with van der Waals surface area (Å²) >= 11 is 0. The first-order valence-electron chi connectivity index (χ1n) is 6.64. The van der Waals surface area contributed by atoms with Crippen molar-refractivity contribution in [2.45, 2.75) is 32.8 Å². The molecule has 0 aromatic heterocycles. The molecule has 0 saturated heterocycles.